The van der Waals surface area contributed by atoms with Crippen LogP contribution in [-0.2, 0) is 9.84 Å². The largest absolute Gasteiger partial charge is 0.489 e. The van der Waals surface area contributed by atoms with Gasteiger partial charge in [-0.25, -0.2) is 8.42 Å². The summed E-state index contributed by atoms with van der Waals surface area (Å²) in [5.41, 5.74) is 1.15. The third kappa shape index (κ3) is 10.4. The highest BCUT2D eigenvalue weighted by Crippen LogP contribution is 2.13. The minimum absolute atomic E-state index is 0. The van der Waals surface area contributed by atoms with Gasteiger partial charge in [0.25, 0.3) is 0 Å². The second-order valence-corrected chi connectivity index (χ2v) is 7.51. The number of sulfone groups is 1. The summed E-state index contributed by atoms with van der Waals surface area (Å²) >= 11 is 0. The lowest BCUT2D eigenvalue weighted by Gasteiger charge is -2.18. The average molecular weight is 455 g/mol. The molecule has 0 saturated carbocycles. The van der Waals surface area contributed by atoms with Gasteiger partial charge in [-0.2, -0.15) is 0 Å². The zero-order valence-corrected chi connectivity index (χ0v) is 17.1. The van der Waals surface area contributed by atoms with Crippen LogP contribution in [-0.4, -0.2) is 52.6 Å². The van der Waals surface area contributed by atoms with Gasteiger partial charge in [0, 0.05) is 19.8 Å². The third-order valence-corrected chi connectivity index (χ3v) is 3.82. The first kappa shape index (κ1) is 22.0. The van der Waals surface area contributed by atoms with Crippen molar-refractivity contribution >= 4 is 39.8 Å². The number of rotatable bonds is 7. The van der Waals surface area contributed by atoms with Gasteiger partial charge in [0.05, 0.1) is 12.3 Å². The SMILES string of the molecule is CN=C(NCCS(C)(=O)=O)NCC(C)Oc1cccc(C)c1.I. The Hall–Kier alpha value is -1.03. The van der Waals surface area contributed by atoms with Crippen molar-refractivity contribution in [2.45, 2.75) is 20.0 Å². The molecule has 1 rings (SSSR count). The van der Waals surface area contributed by atoms with E-state index in [1.54, 1.807) is 7.05 Å². The Morgan fingerprint density at radius 1 is 1.35 bits per heavy atom. The molecule has 6 nitrogen and oxygen atoms in total. The Morgan fingerprint density at radius 3 is 2.61 bits per heavy atom. The van der Waals surface area contributed by atoms with Crippen LogP contribution in [0, 0.1) is 6.92 Å². The Morgan fingerprint density at radius 2 is 2.04 bits per heavy atom. The Balaban J connectivity index is 0.00000484. The highest BCUT2D eigenvalue weighted by atomic mass is 127. The summed E-state index contributed by atoms with van der Waals surface area (Å²) in [6.07, 6.45) is 1.16. The number of nitrogens with one attached hydrogen (secondary N) is 2. The van der Waals surface area contributed by atoms with E-state index in [-0.39, 0.29) is 35.8 Å². The molecule has 0 saturated heterocycles. The molecule has 0 bridgehead atoms. The van der Waals surface area contributed by atoms with E-state index in [9.17, 15) is 8.42 Å². The number of aliphatic imine (C=N–C) groups is 1. The summed E-state index contributed by atoms with van der Waals surface area (Å²) in [5, 5.41) is 6.07. The zero-order valence-electron chi connectivity index (χ0n) is 14.0. The molecule has 0 aliphatic carbocycles. The van der Waals surface area contributed by atoms with E-state index in [1.807, 2.05) is 38.1 Å². The molecule has 0 amide bonds. The first-order chi connectivity index (χ1) is 10.3. The highest BCUT2D eigenvalue weighted by Gasteiger charge is 2.07. The molecule has 8 heteroatoms. The maximum Gasteiger partial charge on any atom is 0.191 e. The van der Waals surface area contributed by atoms with Crippen LogP contribution in [0.1, 0.15) is 12.5 Å². The number of guanidine groups is 1. The predicted molar refractivity (Wildman–Crippen MR) is 106 cm³/mol. The van der Waals surface area contributed by atoms with Crippen molar-refractivity contribution in [3.63, 3.8) is 0 Å². The van der Waals surface area contributed by atoms with Gasteiger partial charge in [0.1, 0.15) is 21.7 Å². The van der Waals surface area contributed by atoms with Gasteiger partial charge >= 0.3 is 0 Å². The summed E-state index contributed by atoms with van der Waals surface area (Å²) in [6.45, 7) is 4.86. The molecule has 0 radical (unpaired) electrons. The number of halogens is 1. The second kappa shape index (κ2) is 10.7. The lowest BCUT2D eigenvalue weighted by Crippen LogP contribution is -2.43. The van der Waals surface area contributed by atoms with Crippen molar-refractivity contribution in [1.82, 2.24) is 10.6 Å². The second-order valence-electron chi connectivity index (χ2n) is 5.25. The van der Waals surface area contributed by atoms with Gasteiger partial charge in [0.2, 0.25) is 0 Å². The summed E-state index contributed by atoms with van der Waals surface area (Å²) < 4.78 is 28.0. The number of hydrogen-bond acceptors (Lipinski definition) is 4. The predicted octanol–water partition coefficient (Wildman–Crippen LogP) is 1.59. The van der Waals surface area contributed by atoms with Crippen molar-refractivity contribution < 1.29 is 13.2 Å². The first-order valence-corrected chi connectivity index (χ1v) is 9.22. The fraction of sp³-hybridized carbons (Fsp3) is 0.533. The Bertz CT molecular complexity index is 606. The van der Waals surface area contributed by atoms with Crippen LogP contribution in [0.15, 0.2) is 29.3 Å². The summed E-state index contributed by atoms with van der Waals surface area (Å²) in [5.74, 6) is 1.46. The van der Waals surface area contributed by atoms with Gasteiger partial charge in [-0.15, -0.1) is 24.0 Å². The van der Waals surface area contributed by atoms with E-state index in [1.165, 1.54) is 6.26 Å². The monoisotopic (exact) mass is 455 g/mol. The molecule has 1 aromatic rings. The molecular weight excluding hydrogens is 429 g/mol. The van der Waals surface area contributed by atoms with Crippen LogP contribution in [0.25, 0.3) is 0 Å². The van der Waals surface area contributed by atoms with E-state index in [2.05, 4.69) is 15.6 Å². The molecular formula is C15H26IN3O3S. The van der Waals surface area contributed by atoms with Gasteiger partial charge in [-0.1, -0.05) is 12.1 Å². The maximum absolute atomic E-state index is 11.1. The van der Waals surface area contributed by atoms with E-state index in [0.29, 0.717) is 19.0 Å². The molecule has 1 atom stereocenters. The topological polar surface area (TPSA) is 79.8 Å². The highest BCUT2D eigenvalue weighted by molar-refractivity contribution is 14.0. The minimum Gasteiger partial charge on any atom is -0.489 e. The molecule has 0 spiro atoms. The van der Waals surface area contributed by atoms with Crippen molar-refractivity contribution in [3.05, 3.63) is 29.8 Å². The third-order valence-electron chi connectivity index (χ3n) is 2.87. The molecule has 23 heavy (non-hydrogen) atoms. The molecule has 0 aromatic heterocycles. The summed E-state index contributed by atoms with van der Waals surface area (Å²) in [4.78, 5) is 4.04. The van der Waals surface area contributed by atoms with Gasteiger partial charge in [-0.05, 0) is 31.5 Å². The van der Waals surface area contributed by atoms with Crippen molar-refractivity contribution in [1.29, 1.82) is 0 Å². The van der Waals surface area contributed by atoms with Crippen LogP contribution in [0.4, 0.5) is 0 Å². The normalized spacial score (nSPS) is 13.0. The lowest BCUT2D eigenvalue weighted by atomic mass is 10.2. The fourth-order valence-electron chi connectivity index (χ4n) is 1.78. The molecule has 1 aromatic carbocycles. The summed E-state index contributed by atoms with van der Waals surface area (Å²) in [7, 11) is -1.33. The molecule has 132 valence electrons. The molecule has 1 unspecified atom stereocenters. The van der Waals surface area contributed by atoms with Crippen molar-refractivity contribution in [2.24, 2.45) is 4.99 Å². The number of nitrogens with zero attached hydrogens (tertiary/aromatic N) is 1. The number of benzene rings is 1. The Labute approximate surface area is 156 Å². The van der Waals surface area contributed by atoms with Crippen molar-refractivity contribution in [2.75, 3.05) is 32.1 Å². The van der Waals surface area contributed by atoms with E-state index in [0.717, 1.165) is 11.3 Å². The standard InChI is InChI=1S/C15H25N3O3S.HI/c1-12-6-5-7-14(10-12)21-13(2)11-18-15(16-3)17-8-9-22(4,19)20;/h5-7,10,13H,8-9,11H2,1-4H3,(H2,16,17,18);1H. The fourth-order valence-corrected chi connectivity index (χ4v) is 2.25. The zero-order chi connectivity index (χ0) is 16.6. The average Bonchev–Trinajstić information content (AvgIpc) is 2.41. The van der Waals surface area contributed by atoms with Crippen LogP contribution >= 0.6 is 24.0 Å². The van der Waals surface area contributed by atoms with Gasteiger partial charge in [-0.3, -0.25) is 4.99 Å². The molecule has 0 heterocycles. The van der Waals surface area contributed by atoms with Crippen LogP contribution in [0.3, 0.4) is 0 Å². The number of hydrogen-bond donors (Lipinski definition) is 2. The minimum atomic E-state index is -2.97. The molecule has 0 aliphatic heterocycles. The first-order valence-electron chi connectivity index (χ1n) is 7.15. The quantitative estimate of drug-likeness (QED) is 0.371. The number of aryl methyl sites for hydroxylation is 1. The molecule has 0 aliphatic rings. The number of ether oxygens (including phenoxy) is 1. The lowest BCUT2D eigenvalue weighted by molar-refractivity contribution is 0.223. The van der Waals surface area contributed by atoms with E-state index in [4.69, 9.17) is 4.74 Å². The van der Waals surface area contributed by atoms with Crippen LogP contribution in [0.5, 0.6) is 5.75 Å². The van der Waals surface area contributed by atoms with Crippen molar-refractivity contribution in [3.8, 4) is 5.75 Å². The Kier molecular flexibility index (Phi) is 10.2. The molecule has 2 N–H and O–H groups in total. The van der Waals surface area contributed by atoms with Crippen LogP contribution in [0.2, 0.25) is 0 Å². The summed E-state index contributed by atoms with van der Waals surface area (Å²) in [6, 6.07) is 7.87. The molecule has 0 fully saturated rings. The van der Waals surface area contributed by atoms with Gasteiger partial charge in [0.15, 0.2) is 5.96 Å². The van der Waals surface area contributed by atoms with Gasteiger partial charge < -0.3 is 15.4 Å². The van der Waals surface area contributed by atoms with Crippen LogP contribution < -0.4 is 15.4 Å². The maximum atomic E-state index is 11.1. The van der Waals surface area contributed by atoms with E-state index >= 15 is 0 Å². The smallest absolute Gasteiger partial charge is 0.191 e. The van der Waals surface area contributed by atoms with E-state index < -0.39 is 9.84 Å².